The number of nitrogens with zero attached hydrogens (tertiary/aromatic N) is 4. The van der Waals surface area contributed by atoms with Gasteiger partial charge in [-0.2, -0.15) is 0 Å². The SMILES string of the molecule is COc1ccc([C@H]2C(C(=O)OC(C)C)=C(C)N=C3SC=C(CC(=O)N4CCN(C)CC4)N32)cc1OC. The zero-order valence-corrected chi connectivity index (χ0v) is 22.6. The van der Waals surface area contributed by atoms with E-state index in [1.807, 2.05) is 54.2 Å². The van der Waals surface area contributed by atoms with E-state index in [0.717, 1.165) is 29.5 Å². The molecule has 36 heavy (non-hydrogen) atoms. The Morgan fingerprint density at radius 3 is 2.44 bits per heavy atom. The van der Waals surface area contributed by atoms with Crippen LogP contribution in [0.15, 0.2) is 45.6 Å². The third-order valence-corrected chi connectivity index (χ3v) is 7.36. The number of methoxy groups -OCH3 is 2. The molecule has 0 bridgehead atoms. The molecular weight excluding hydrogens is 480 g/mol. The lowest BCUT2D eigenvalue weighted by atomic mass is 9.93. The summed E-state index contributed by atoms with van der Waals surface area (Å²) in [5.74, 6) is 0.792. The van der Waals surface area contributed by atoms with Gasteiger partial charge in [0.25, 0.3) is 0 Å². The highest BCUT2D eigenvalue weighted by molar-refractivity contribution is 8.16. The maximum Gasteiger partial charge on any atom is 0.338 e. The van der Waals surface area contributed by atoms with E-state index in [1.165, 1.54) is 11.8 Å². The number of piperazine rings is 1. The Balaban J connectivity index is 1.71. The molecule has 3 aliphatic heterocycles. The van der Waals surface area contributed by atoms with E-state index < -0.39 is 12.0 Å². The lowest BCUT2D eigenvalue weighted by Gasteiger charge is -2.37. The molecule has 1 aromatic rings. The van der Waals surface area contributed by atoms with Crippen LogP contribution in [0.5, 0.6) is 11.5 Å². The maximum atomic E-state index is 13.3. The normalized spacial score (nSPS) is 20.2. The van der Waals surface area contributed by atoms with Crippen molar-refractivity contribution in [2.45, 2.75) is 39.3 Å². The van der Waals surface area contributed by atoms with Crippen LogP contribution in [0.2, 0.25) is 0 Å². The number of amidine groups is 1. The van der Waals surface area contributed by atoms with Crippen LogP contribution in [-0.2, 0) is 14.3 Å². The van der Waals surface area contributed by atoms with E-state index in [2.05, 4.69) is 11.9 Å². The topological polar surface area (TPSA) is 83.9 Å². The van der Waals surface area contributed by atoms with Crippen molar-refractivity contribution in [1.29, 1.82) is 0 Å². The first kappa shape index (κ1) is 26.1. The molecule has 0 aliphatic carbocycles. The molecule has 1 fully saturated rings. The summed E-state index contributed by atoms with van der Waals surface area (Å²) in [6, 6.07) is 5.08. The van der Waals surface area contributed by atoms with Gasteiger partial charge in [-0.15, -0.1) is 0 Å². The fourth-order valence-corrected chi connectivity index (χ4v) is 5.53. The summed E-state index contributed by atoms with van der Waals surface area (Å²) in [5.41, 5.74) is 2.67. The quantitative estimate of drug-likeness (QED) is 0.512. The average Bonchev–Trinajstić information content (AvgIpc) is 3.24. The van der Waals surface area contributed by atoms with Gasteiger partial charge < -0.3 is 28.9 Å². The second-order valence-corrected chi connectivity index (χ2v) is 10.2. The van der Waals surface area contributed by atoms with Gasteiger partial charge in [0.1, 0.15) is 0 Å². The molecule has 0 unspecified atom stereocenters. The smallest absolute Gasteiger partial charge is 0.338 e. The molecule has 9 nitrogen and oxygen atoms in total. The minimum Gasteiger partial charge on any atom is -0.493 e. The number of thioether (sulfide) groups is 1. The third-order valence-electron chi connectivity index (χ3n) is 6.47. The fraction of sp³-hybridized carbons (Fsp3) is 0.500. The van der Waals surface area contributed by atoms with E-state index >= 15 is 0 Å². The molecule has 3 aliphatic rings. The summed E-state index contributed by atoms with van der Waals surface area (Å²) in [5, 5.41) is 2.69. The molecule has 10 heteroatoms. The molecule has 0 saturated carbocycles. The van der Waals surface area contributed by atoms with Gasteiger partial charge >= 0.3 is 5.97 Å². The van der Waals surface area contributed by atoms with Crippen molar-refractivity contribution in [3.8, 4) is 11.5 Å². The number of esters is 1. The molecule has 3 heterocycles. The summed E-state index contributed by atoms with van der Waals surface area (Å²) in [6.07, 6.45) is -0.0542. The Labute approximate surface area is 216 Å². The number of hydrogen-bond acceptors (Lipinski definition) is 9. The first-order valence-corrected chi connectivity index (χ1v) is 12.9. The highest BCUT2D eigenvalue weighted by atomic mass is 32.2. The van der Waals surface area contributed by atoms with E-state index in [4.69, 9.17) is 19.2 Å². The van der Waals surface area contributed by atoms with Gasteiger partial charge in [0.2, 0.25) is 5.91 Å². The Hall–Kier alpha value is -2.98. The van der Waals surface area contributed by atoms with Crippen LogP contribution in [0.25, 0.3) is 0 Å². The number of aliphatic imine (C=N–C) groups is 1. The van der Waals surface area contributed by atoms with Gasteiger partial charge in [-0.25, -0.2) is 9.79 Å². The fourth-order valence-electron chi connectivity index (χ4n) is 4.57. The number of fused-ring (bicyclic) bond motifs is 1. The molecule has 0 N–H and O–H groups in total. The number of allylic oxidation sites excluding steroid dienone is 1. The van der Waals surface area contributed by atoms with Crippen LogP contribution >= 0.6 is 11.8 Å². The highest BCUT2D eigenvalue weighted by Crippen LogP contribution is 2.46. The molecule has 194 valence electrons. The number of likely N-dealkylation sites (N-methyl/N-ethyl adjacent to an activating group) is 1. The van der Waals surface area contributed by atoms with Gasteiger partial charge in [0.15, 0.2) is 16.7 Å². The van der Waals surface area contributed by atoms with E-state index in [0.29, 0.717) is 35.9 Å². The zero-order chi connectivity index (χ0) is 26.0. The molecule has 0 spiro atoms. The highest BCUT2D eigenvalue weighted by Gasteiger charge is 2.42. The van der Waals surface area contributed by atoms with E-state index in [-0.39, 0.29) is 18.4 Å². The van der Waals surface area contributed by atoms with Gasteiger partial charge in [0, 0.05) is 31.9 Å². The Bertz CT molecular complexity index is 1120. The number of carbonyl (C=O) groups is 2. The summed E-state index contributed by atoms with van der Waals surface area (Å²) >= 11 is 1.46. The second-order valence-electron chi connectivity index (χ2n) is 9.32. The van der Waals surface area contributed by atoms with Crippen LogP contribution < -0.4 is 9.47 Å². The van der Waals surface area contributed by atoms with Crippen LogP contribution in [0.1, 0.15) is 38.8 Å². The molecular formula is C26H34N4O5S. The van der Waals surface area contributed by atoms with E-state index in [9.17, 15) is 9.59 Å². The monoisotopic (exact) mass is 514 g/mol. The molecule has 1 aromatic carbocycles. The van der Waals surface area contributed by atoms with Crippen LogP contribution in [0.4, 0.5) is 0 Å². The molecule has 1 amide bonds. The lowest BCUT2D eigenvalue weighted by molar-refractivity contribution is -0.143. The summed E-state index contributed by atoms with van der Waals surface area (Å²) in [6.45, 7) is 8.60. The van der Waals surface area contributed by atoms with Gasteiger partial charge in [-0.1, -0.05) is 17.8 Å². The van der Waals surface area contributed by atoms with Gasteiger partial charge in [0.05, 0.1) is 44.1 Å². The van der Waals surface area contributed by atoms with Crippen molar-refractivity contribution in [2.24, 2.45) is 4.99 Å². The minimum atomic E-state index is -0.523. The van der Waals surface area contributed by atoms with Crippen molar-refractivity contribution >= 4 is 28.8 Å². The van der Waals surface area contributed by atoms with Crippen LogP contribution in [0.3, 0.4) is 0 Å². The number of amides is 1. The van der Waals surface area contributed by atoms with Gasteiger partial charge in [-0.05, 0) is 50.9 Å². The minimum absolute atomic E-state index is 0.0693. The Morgan fingerprint density at radius 1 is 1.11 bits per heavy atom. The number of carbonyl (C=O) groups excluding carboxylic acids is 2. The Kier molecular flexibility index (Phi) is 7.94. The van der Waals surface area contributed by atoms with Crippen LogP contribution in [0, 0.1) is 0 Å². The van der Waals surface area contributed by atoms with Crippen molar-refractivity contribution in [3.63, 3.8) is 0 Å². The van der Waals surface area contributed by atoms with Crippen molar-refractivity contribution < 1.29 is 23.8 Å². The number of rotatable bonds is 7. The van der Waals surface area contributed by atoms with Crippen LogP contribution in [-0.4, -0.2) is 85.3 Å². The van der Waals surface area contributed by atoms with E-state index in [1.54, 1.807) is 14.2 Å². The van der Waals surface area contributed by atoms with Crippen molar-refractivity contribution in [2.75, 3.05) is 47.4 Å². The summed E-state index contributed by atoms with van der Waals surface area (Å²) in [4.78, 5) is 37.4. The first-order chi connectivity index (χ1) is 17.2. The standard InChI is InChI=1S/C26H34N4O5S/c1-16(2)35-25(32)23-17(3)27-26-30(24(23)18-7-8-20(33-5)21(13-18)34-6)19(15-36-26)14-22(31)29-11-9-28(4)10-12-29/h7-8,13,15-16,24H,9-12,14H2,1-6H3/t24-/m0/s1. The molecule has 0 radical (unpaired) electrons. The summed E-state index contributed by atoms with van der Waals surface area (Å²) in [7, 11) is 5.23. The predicted octanol–water partition coefficient (Wildman–Crippen LogP) is 3.39. The Morgan fingerprint density at radius 2 is 1.81 bits per heavy atom. The average molecular weight is 515 g/mol. The molecule has 1 saturated heterocycles. The second kappa shape index (κ2) is 11.0. The lowest BCUT2D eigenvalue weighted by Crippen LogP contribution is -2.47. The zero-order valence-electron chi connectivity index (χ0n) is 21.7. The first-order valence-electron chi connectivity index (χ1n) is 12.1. The number of ether oxygens (including phenoxy) is 3. The van der Waals surface area contributed by atoms with Gasteiger partial charge in [-0.3, -0.25) is 4.79 Å². The summed E-state index contributed by atoms with van der Waals surface area (Å²) < 4.78 is 16.6. The molecule has 4 rings (SSSR count). The van der Waals surface area contributed by atoms with Crippen molar-refractivity contribution in [3.05, 3.63) is 46.1 Å². The molecule has 1 atom stereocenters. The molecule has 0 aromatic heterocycles. The predicted molar refractivity (Wildman–Crippen MR) is 140 cm³/mol. The van der Waals surface area contributed by atoms with Crippen molar-refractivity contribution in [1.82, 2.24) is 14.7 Å². The maximum absolute atomic E-state index is 13.3. The number of hydrogen-bond donors (Lipinski definition) is 0. The number of benzene rings is 1. The third kappa shape index (κ3) is 5.24. The largest absolute Gasteiger partial charge is 0.493 e.